The van der Waals surface area contributed by atoms with Gasteiger partial charge in [-0.05, 0) is 50.6 Å². The fraction of sp³-hybridized carbons (Fsp3) is 0.515. The number of benzene rings is 2. The van der Waals surface area contributed by atoms with Gasteiger partial charge in [0, 0.05) is 32.7 Å². The van der Waals surface area contributed by atoms with E-state index in [1.54, 1.807) is 32.0 Å². The van der Waals surface area contributed by atoms with Crippen LogP contribution < -0.4 is 20.7 Å². The third-order valence-electron chi connectivity index (χ3n) is 7.48. The van der Waals surface area contributed by atoms with E-state index >= 15 is 0 Å². The van der Waals surface area contributed by atoms with Gasteiger partial charge in [0.25, 0.3) is 0 Å². The van der Waals surface area contributed by atoms with E-state index in [4.69, 9.17) is 60.0 Å². The number of unbranched alkanes of at least 4 members (excludes halogenated alkanes) is 10. The van der Waals surface area contributed by atoms with Gasteiger partial charge in [-0.25, -0.2) is 4.57 Å². The quantitative estimate of drug-likeness (QED) is 0.0591. The molecule has 2 atom stereocenters. The number of phosphoric acid groups is 1. The van der Waals surface area contributed by atoms with Crippen molar-refractivity contribution in [2.75, 3.05) is 17.2 Å². The molecule has 0 radical (unpaired) electrons. The average Bonchev–Trinajstić information content (AvgIpc) is 3.34. The van der Waals surface area contributed by atoms with Gasteiger partial charge in [-0.15, -0.1) is 0 Å². The highest BCUT2D eigenvalue weighted by Gasteiger charge is 2.35. The zero-order valence-electron chi connectivity index (χ0n) is 27.6. The van der Waals surface area contributed by atoms with Crippen LogP contribution in [0.5, 0.6) is 5.75 Å². The maximum Gasteiger partial charge on any atom is 0.530 e. The number of anilines is 3. The highest BCUT2D eigenvalue weighted by atomic mass is 35.5. The molecule has 2 unspecified atom stereocenters. The summed E-state index contributed by atoms with van der Waals surface area (Å²) >= 11 is 25.1. The van der Waals surface area contributed by atoms with Crippen LogP contribution in [0.25, 0.3) is 0 Å². The molecule has 0 aliphatic heterocycles. The van der Waals surface area contributed by atoms with Crippen molar-refractivity contribution in [2.24, 2.45) is 0 Å². The zero-order chi connectivity index (χ0) is 35.1. The summed E-state index contributed by atoms with van der Waals surface area (Å²) in [5.41, 5.74) is 0.402. The fourth-order valence-corrected chi connectivity index (χ4v) is 7.72. The van der Waals surface area contributed by atoms with Gasteiger partial charge in [0.15, 0.2) is 5.82 Å². The highest BCUT2D eigenvalue weighted by molar-refractivity contribution is 7.49. The van der Waals surface area contributed by atoms with E-state index in [0.29, 0.717) is 28.4 Å². The van der Waals surface area contributed by atoms with Gasteiger partial charge in [0.05, 0.1) is 23.4 Å². The molecule has 48 heavy (non-hydrogen) atoms. The van der Waals surface area contributed by atoms with Gasteiger partial charge in [-0.1, -0.05) is 118 Å². The molecule has 0 fully saturated rings. The van der Waals surface area contributed by atoms with Crippen molar-refractivity contribution < 1.29 is 22.9 Å². The van der Waals surface area contributed by atoms with Crippen molar-refractivity contribution in [2.45, 2.75) is 104 Å². The molecule has 1 aromatic heterocycles. The number of aromatic nitrogens is 2. The number of nitrogens with one attached hydrogen (secondary N) is 4. The molecule has 3 rings (SSSR count). The van der Waals surface area contributed by atoms with Crippen molar-refractivity contribution in [3.8, 4) is 5.75 Å². The molecule has 0 aliphatic rings. The number of carbonyl (C=O) groups excluding carboxylic acids is 1. The molecule has 1 heterocycles. The Morgan fingerprint density at radius 1 is 0.854 bits per heavy atom. The van der Waals surface area contributed by atoms with Crippen LogP contribution in [0.2, 0.25) is 20.1 Å². The third-order valence-corrected chi connectivity index (χ3v) is 10.2. The second-order valence-corrected chi connectivity index (χ2v) is 14.6. The van der Waals surface area contributed by atoms with Crippen molar-refractivity contribution in [1.29, 1.82) is 0 Å². The van der Waals surface area contributed by atoms with Crippen LogP contribution in [0.1, 0.15) is 109 Å². The Bertz CT molecular complexity index is 1560. The second-order valence-electron chi connectivity index (χ2n) is 11.4. The smallest absolute Gasteiger partial charge is 0.394 e. The summed E-state index contributed by atoms with van der Waals surface area (Å²) in [6.07, 6.45) is 12.7. The molecule has 266 valence electrons. The van der Waals surface area contributed by atoms with Crippen LogP contribution in [0.15, 0.2) is 35.1 Å². The maximum atomic E-state index is 13.7. The number of phosphoric ester groups is 1. The molecular weight excluding hydrogens is 721 g/mol. The number of hydrogen-bond acceptors (Lipinski definition) is 7. The lowest BCUT2D eigenvalue weighted by atomic mass is 10.1. The predicted octanol–water partition coefficient (Wildman–Crippen LogP) is 12.0. The molecule has 0 aliphatic carbocycles. The minimum Gasteiger partial charge on any atom is -0.394 e. The summed E-state index contributed by atoms with van der Waals surface area (Å²) in [6.45, 7) is 5.30. The van der Waals surface area contributed by atoms with E-state index in [1.807, 2.05) is 0 Å². The highest BCUT2D eigenvalue weighted by Crippen LogP contribution is 2.54. The van der Waals surface area contributed by atoms with Crippen LogP contribution >= 0.6 is 54.2 Å². The lowest BCUT2D eigenvalue weighted by molar-refractivity contribution is -0.116. The van der Waals surface area contributed by atoms with E-state index < -0.39 is 25.2 Å². The predicted molar refractivity (Wildman–Crippen MR) is 197 cm³/mol. The third kappa shape index (κ3) is 12.9. The van der Waals surface area contributed by atoms with Crippen LogP contribution in [-0.4, -0.2) is 22.7 Å². The molecule has 0 spiro atoms. The van der Waals surface area contributed by atoms with Crippen molar-refractivity contribution in [1.82, 2.24) is 10.2 Å². The number of hydrogen-bond donors (Lipinski definition) is 4. The Morgan fingerprint density at radius 3 is 2.06 bits per heavy atom. The molecule has 0 bridgehead atoms. The minimum atomic E-state index is -4.43. The van der Waals surface area contributed by atoms with Crippen molar-refractivity contribution >= 4 is 77.3 Å². The standard InChI is InChI=1S/C33H45Cl4N4O6P/c1-4-6-7-8-9-10-11-12-13-14-15-16-29(42)38-24-17-18-25(35)28(21-24)39-32-31(33(43)41-40-32)47-48(44,45-5-2)46-22(3)30-26(36)19-23(34)20-27(30)37/h17-22H,4-16H2,1-3H3,(H,38,42)(H3,39,40,41,43). The van der Waals surface area contributed by atoms with E-state index in [9.17, 15) is 14.2 Å². The molecule has 1 amide bonds. The number of carbonyl (C=O) groups is 1. The number of H-pyrrole nitrogens is 2. The van der Waals surface area contributed by atoms with Gasteiger partial charge in [-0.2, -0.15) is 0 Å². The fourth-order valence-electron chi connectivity index (χ4n) is 5.06. The largest absolute Gasteiger partial charge is 0.530 e. The van der Waals surface area contributed by atoms with Gasteiger partial charge >= 0.3 is 13.4 Å². The van der Waals surface area contributed by atoms with E-state index in [-0.39, 0.29) is 33.4 Å². The first-order valence-corrected chi connectivity index (χ1v) is 19.4. The van der Waals surface area contributed by atoms with Gasteiger partial charge in [0.2, 0.25) is 11.7 Å². The maximum absolute atomic E-state index is 13.7. The normalized spacial score (nSPS) is 13.2. The Balaban J connectivity index is 1.59. The Kier molecular flexibility index (Phi) is 17.2. The van der Waals surface area contributed by atoms with E-state index in [2.05, 4.69) is 27.8 Å². The lowest BCUT2D eigenvalue weighted by Gasteiger charge is -2.23. The summed E-state index contributed by atoms with van der Waals surface area (Å²) in [4.78, 5) is 25.4. The lowest BCUT2D eigenvalue weighted by Crippen LogP contribution is -2.12. The van der Waals surface area contributed by atoms with Crippen molar-refractivity contribution in [3.05, 3.63) is 66.3 Å². The molecular formula is C33H45Cl4N4O6P. The number of rotatable bonds is 22. The SMILES string of the molecule is CCCCCCCCCCCCCC(=O)Nc1ccc(Cl)c(Nc2[nH][nH]c(=O)c2OP(=O)(OCC)OC(C)c2c(Cl)cc(Cl)cc2Cl)c1. The molecule has 0 saturated carbocycles. The zero-order valence-corrected chi connectivity index (χ0v) is 31.5. The van der Waals surface area contributed by atoms with Gasteiger partial charge < -0.3 is 15.2 Å². The van der Waals surface area contributed by atoms with E-state index in [0.717, 1.165) is 19.3 Å². The average molecular weight is 767 g/mol. The van der Waals surface area contributed by atoms with Crippen LogP contribution in [0.3, 0.4) is 0 Å². The first-order chi connectivity index (χ1) is 23.0. The Labute approximate surface area is 302 Å². The molecule has 0 saturated heterocycles. The first kappa shape index (κ1) is 40.3. The first-order valence-electron chi connectivity index (χ1n) is 16.4. The van der Waals surface area contributed by atoms with Crippen LogP contribution in [0.4, 0.5) is 17.2 Å². The molecule has 2 aromatic carbocycles. The number of amides is 1. The molecule has 3 aromatic rings. The molecule has 10 nitrogen and oxygen atoms in total. The summed E-state index contributed by atoms with van der Waals surface area (Å²) < 4.78 is 30.4. The van der Waals surface area contributed by atoms with Crippen molar-refractivity contribution in [3.63, 3.8) is 0 Å². The number of aromatic amines is 2. The van der Waals surface area contributed by atoms with Gasteiger partial charge in [0.1, 0.15) is 0 Å². The molecule has 15 heteroatoms. The summed E-state index contributed by atoms with van der Waals surface area (Å²) in [5, 5.41) is 11.8. The number of halogens is 4. The van der Waals surface area contributed by atoms with E-state index in [1.165, 1.54) is 63.5 Å². The van der Waals surface area contributed by atoms with Gasteiger partial charge in [-0.3, -0.25) is 28.8 Å². The minimum absolute atomic E-state index is 0.00919. The second kappa shape index (κ2) is 20.5. The summed E-state index contributed by atoms with van der Waals surface area (Å²) in [6, 6.07) is 7.82. The monoisotopic (exact) mass is 764 g/mol. The summed E-state index contributed by atoms with van der Waals surface area (Å²) in [5.74, 6) is -0.526. The topological polar surface area (TPSA) is 135 Å². The Hall–Kier alpha value is -2.17. The molecule has 4 N–H and O–H groups in total. The summed E-state index contributed by atoms with van der Waals surface area (Å²) in [7, 11) is -4.43. The van der Waals surface area contributed by atoms with Crippen LogP contribution in [0, 0.1) is 0 Å². The van der Waals surface area contributed by atoms with Crippen LogP contribution in [-0.2, 0) is 18.4 Å². The Morgan fingerprint density at radius 2 is 1.46 bits per heavy atom.